The summed E-state index contributed by atoms with van der Waals surface area (Å²) in [6.45, 7) is 1.03. The van der Waals surface area contributed by atoms with Gasteiger partial charge >= 0.3 is 0 Å². The van der Waals surface area contributed by atoms with Gasteiger partial charge in [0, 0.05) is 35.9 Å². The molecule has 1 aliphatic rings. The van der Waals surface area contributed by atoms with Crippen LogP contribution in [0.25, 0.3) is 5.76 Å². The van der Waals surface area contributed by atoms with Crippen molar-refractivity contribution in [2.24, 2.45) is 0 Å². The van der Waals surface area contributed by atoms with Crippen molar-refractivity contribution in [1.82, 2.24) is 14.5 Å². The first kappa shape index (κ1) is 21.1. The number of carbonyl (C=O) groups excluding carboxylic acids is 2. The Balaban J connectivity index is 1.70. The van der Waals surface area contributed by atoms with Crippen LogP contribution in [0.1, 0.15) is 22.9 Å². The first-order valence-corrected chi connectivity index (χ1v) is 10.9. The van der Waals surface area contributed by atoms with Gasteiger partial charge in [-0.15, -0.1) is 11.3 Å². The molecular formula is C22H20ClN3O4S. The van der Waals surface area contributed by atoms with Gasteiger partial charge in [0.15, 0.2) is 0 Å². The number of ether oxygens (including phenoxy) is 1. The number of ketones is 1. The van der Waals surface area contributed by atoms with Crippen molar-refractivity contribution in [3.63, 3.8) is 0 Å². The fourth-order valence-corrected chi connectivity index (χ4v) is 4.77. The molecule has 4 rings (SSSR count). The predicted molar refractivity (Wildman–Crippen MR) is 118 cm³/mol. The van der Waals surface area contributed by atoms with Crippen molar-refractivity contribution in [1.29, 1.82) is 0 Å². The summed E-state index contributed by atoms with van der Waals surface area (Å²) in [5.41, 5.74) is 0.417. The Labute approximate surface area is 188 Å². The summed E-state index contributed by atoms with van der Waals surface area (Å²) in [5, 5.41) is 13.2. The summed E-state index contributed by atoms with van der Waals surface area (Å²) in [7, 11) is 1.49. The van der Waals surface area contributed by atoms with E-state index >= 15 is 0 Å². The summed E-state index contributed by atoms with van der Waals surface area (Å²) in [5.74, 6) is -1.12. The Hall–Kier alpha value is -3.10. The molecule has 1 atom stereocenters. The number of carbonyl (C=O) groups is 2. The van der Waals surface area contributed by atoms with Crippen LogP contribution in [0.15, 0.2) is 60.0 Å². The van der Waals surface area contributed by atoms with Gasteiger partial charge in [0.25, 0.3) is 11.7 Å². The molecule has 0 radical (unpaired) electrons. The molecule has 3 heterocycles. The van der Waals surface area contributed by atoms with Crippen LogP contribution in [0.3, 0.4) is 0 Å². The first-order valence-electron chi connectivity index (χ1n) is 9.62. The van der Waals surface area contributed by atoms with Gasteiger partial charge in [0.05, 0.1) is 30.1 Å². The average molecular weight is 458 g/mol. The van der Waals surface area contributed by atoms with Crippen LogP contribution in [0.5, 0.6) is 5.75 Å². The van der Waals surface area contributed by atoms with E-state index in [0.717, 1.165) is 4.88 Å². The van der Waals surface area contributed by atoms with Crippen LogP contribution in [0.4, 0.5) is 0 Å². The molecule has 0 saturated carbocycles. The molecule has 0 bridgehead atoms. The van der Waals surface area contributed by atoms with Crippen molar-refractivity contribution in [3.8, 4) is 5.75 Å². The number of rotatable bonds is 7. The first-order chi connectivity index (χ1) is 15.0. The predicted octanol–water partition coefficient (Wildman–Crippen LogP) is 4.12. The second kappa shape index (κ2) is 8.95. The number of aromatic nitrogens is 2. The normalized spacial score (nSPS) is 18.0. The molecule has 31 heavy (non-hydrogen) atoms. The van der Waals surface area contributed by atoms with Crippen molar-refractivity contribution in [2.75, 3.05) is 13.7 Å². The van der Waals surface area contributed by atoms with Gasteiger partial charge in [-0.1, -0.05) is 17.7 Å². The SMILES string of the molecule is COc1ccc(C(O)=C2C(=O)C(=O)N(CCCn3ccnc3)[C@H]2c2cccs2)cc1Cl. The zero-order chi connectivity index (χ0) is 22.0. The number of Topliss-reactive ketones (excluding diaryl/α,β-unsaturated/α-hetero) is 1. The van der Waals surface area contributed by atoms with Gasteiger partial charge in [0.1, 0.15) is 11.5 Å². The van der Waals surface area contributed by atoms with Gasteiger partial charge in [-0.2, -0.15) is 0 Å². The molecule has 1 aliphatic heterocycles. The summed E-state index contributed by atoms with van der Waals surface area (Å²) in [6, 6.07) is 7.81. The highest BCUT2D eigenvalue weighted by Crippen LogP contribution is 2.41. The largest absolute Gasteiger partial charge is 0.507 e. The Kier molecular flexibility index (Phi) is 6.11. The molecule has 7 nitrogen and oxygen atoms in total. The maximum Gasteiger partial charge on any atom is 0.295 e. The van der Waals surface area contributed by atoms with Crippen LogP contribution in [-0.4, -0.2) is 44.9 Å². The Bertz CT molecular complexity index is 1130. The minimum Gasteiger partial charge on any atom is -0.507 e. The molecule has 1 fully saturated rings. The Morgan fingerprint density at radius 2 is 2.13 bits per heavy atom. The van der Waals surface area contributed by atoms with E-state index in [-0.39, 0.29) is 11.3 Å². The summed E-state index contributed by atoms with van der Waals surface area (Å²) >= 11 is 7.63. The smallest absolute Gasteiger partial charge is 0.295 e. The standard InChI is InChI=1S/C22H20ClN3O4S/c1-30-16-6-5-14(12-15(16)23)20(27)18-19(17-4-2-11-31-17)26(22(29)21(18)28)9-3-8-25-10-7-24-13-25/h2,4-7,10-13,19,27H,3,8-9H2,1H3/t19-/m0/s1. The minimum atomic E-state index is -0.703. The van der Waals surface area contributed by atoms with E-state index in [1.807, 2.05) is 28.3 Å². The highest BCUT2D eigenvalue weighted by atomic mass is 35.5. The number of thiophene rings is 1. The molecule has 1 N–H and O–H groups in total. The zero-order valence-corrected chi connectivity index (χ0v) is 18.3. The summed E-state index contributed by atoms with van der Waals surface area (Å²) in [4.78, 5) is 32.2. The van der Waals surface area contributed by atoms with E-state index in [9.17, 15) is 14.7 Å². The monoisotopic (exact) mass is 457 g/mol. The summed E-state index contributed by atoms with van der Waals surface area (Å²) in [6.07, 6.45) is 5.88. The number of aryl methyl sites for hydroxylation is 1. The lowest BCUT2D eigenvalue weighted by atomic mass is 9.99. The molecule has 1 amide bonds. The van der Waals surface area contributed by atoms with E-state index < -0.39 is 17.7 Å². The van der Waals surface area contributed by atoms with Crippen LogP contribution >= 0.6 is 22.9 Å². The third kappa shape index (κ3) is 4.08. The van der Waals surface area contributed by atoms with Gasteiger partial charge < -0.3 is 19.3 Å². The van der Waals surface area contributed by atoms with E-state index in [4.69, 9.17) is 16.3 Å². The van der Waals surface area contributed by atoms with Crippen molar-refractivity contribution in [3.05, 3.63) is 75.5 Å². The number of hydrogen-bond acceptors (Lipinski definition) is 6. The van der Waals surface area contributed by atoms with Crippen LogP contribution in [-0.2, 0) is 16.1 Å². The van der Waals surface area contributed by atoms with E-state index in [0.29, 0.717) is 35.8 Å². The van der Waals surface area contributed by atoms with E-state index in [1.54, 1.807) is 24.7 Å². The van der Waals surface area contributed by atoms with E-state index in [1.165, 1.54) is 29.4 Å². The maximum atomic E-state index is 13.0. The molecule has 160 valence electrons. The zero-order valence-electron chi connectivity index (χ0n) is 16.7. The number of nitrogens with zero attached hydrogens (tertiary/aromatic N) is 3. The quantitative estimate of drug-likeness (QED) is 0.328. The molecule has 0 aliphatic carbocycles. The lowest BCUT2D eigenvalue weighted by Gasteiger charge is -2.24. The number of imidazole rings is 1. The topological polar surface area (TPSA) is 84.7 Å². The molecule has 9 heteroatoms. The van der Waals surface area contributed by atoms with Gasteiger partial charge in [0.2, 0.25) is 0 Å². The fraction of sp³-hybridized carbons (Fsp3) is 0.227. The van der Waals surface area contributed by atoms with Crippen molar-refractivity contribution < 1.29 is 19.4 Å². The van der Waals surface area contributed by atoms with Crippen LogP contribution < -0.4 is 4.74 Å². The molecular weight excluding hydrogens is 438 g/mol. The van der Waals surface area contributed by atoms with Crippen molar-refractivity contribution >= 4 is 40.4 Å². The number of aliphatic hydroxyl groups excluding tert-OH is 1. The third-order valence-electron chi connectivity index (χ3n) is 5.15. The lowest BCUT2D eigenvalue weighted by molar-refractivity contribution is -0.139. The number of likely N-dealkylation sites (tertiary alicyclic amines) is 1. The molecule has 0 spiro atoms. The highest BCUT2D eigenvalue weighted by molar-refractivity contribution is 7.10. The molecule has 1 aromatic carbocycles. The maximum absolute atomic E-state index is 13.0. The average Bonchev–Trinajstić information content (AvgIpc) is 3.52. The Morgan fingerprint density at radius 3 is 2.77 bits per heavy atom. The van der Waals surface area contributed by atoms with Gasteiger partial charge in [-0.25, -0.2) is 4.98 Å². The molecule has 1 saturated heterocycles. The van der Waals surface area contributed by atoms with E-state index in [2.05, 4.69) is 4.98 Å². The highest BCUT2D eigenvalue weighted by Gasteiger charge is 2.46. The third-order valence-corrected chi connectivity index (χ3v) is 6.37. The fourth-order valence-electron chi connectivity index (χ4n) is 3.67. The lowest BCUT2D eigenvalue weighted by Crippen LogP contribution is -2.31. The molecule has 3 aromatic rings. The van der Waals surface area contributed by atoms with Crippen molar-refractivity contribution in [2.45, 2.75) is 19.0 Å². The molecule has 0 unspecified atom stereocenters. The number of methoxy groups -OCH3 is 1. The number of aliphatic hydroxyl groups is 1. The second-order valence-corrected chi connectivity index (χ2v) is 8.40. The number of halogens is 1. The molecule has 2 aromatic heterocycles. The van der Waals surface area contributed by atoms with Gasteiger partial charge in [-0.3, -0.25) is 9.59 Å². The van der Waals surface area contributed by atoms with Gasteiger partial charge in [-0.05, 0) is 36.1 Å². The minimum absolute atomic E-state index is 0.0660. The summed E-state index contributed by atoms with van der Waals surface area (Å²) < 4.78 is 7.06. The number of hydrogen-bond donors (Lipinski definition) is 1. The van der Waals surface area contributed by atoms with Crippen LogP contribution in [0, 0.1) is 0 Å². The number of amides is 1. The number of benzene rings is 1. The van der Waals surface area contributed by atoms with Crippen LogP contribution in [0.2, 0.25) is 5.02 Å². The Morgan fingerprint density at radius 1 is 1.29 bits per heavy atom. The second-order valence-electron chi connectivity index (χ2n) is 7.01.